The van der Waals surface area contributed by atoms with E-state index in [-0.39, 0.29) is 5.75 Å². The van der Waals surface area contributed by atoms with E-state index in [0.29, 0.717) is 0 Å². The van der Waals surface area contributed by atoms with Crippen LogP contribution in [0.5, 0.6) is 5.75 Å². The summed E-state index contributed by atoms with van der Waals surface area (Å²) in [6.45, 7) is 2.28. The van der Waals surface area contributed by atoms with Gasteiger partial charge in [0.05, 0.1) is 0 Å². The van der Waals surface area contributed by atoms with Gasteiger partial charge in [-0.05, 0) is 81.1 Å². The van der Waals surface area contributed by atoms with Crippen molar-refractivity contribution in [2.45, 2.75) is 77.5 Å². The highest BCUT2D eigenvalue weighted by Crippen LogP contribution is 2.35. The Hall–Kier alpha value is -3.79. The lowest BCUT2D eigenvalue weighted by Gasteiger charge is -2.28. The summed E-state index contributed by atoms with van der Waals surface area (Å²) >= 11 is 0. The summed E-state index contributed by atoms with van der Waals surface area (Å²) in [5, 5.41) is 4.23. The summed E-state index contributed by atoms with van der Waals surface area (Å²) in [5.41, 5.74) is 3.56. The SMILES string of the molecule is CCCCCC1CCC(CCc2ccc(-c3ccc4cc(OC(F)(F)F)ccc4c3)cc2)CC1.c1ccc2ccccc2c1. The number of alkyl halides is 3. The summed E-state index contributed by atoms with van der Waals surface area (Å²) in [5.74, 6) is 1.64. The number of unbranched alkanes of at least 4 members (excludes halogenated alkanes) is 2. The number of halogens is 3. The Labute approximate surface area is 260 Å². The zero-order chi connectivity index (χ0) is 30.8. The molecule has 0 N–H and O–H groups in total. The van der Waals surface area contributed by atoms with Gasteiger partial charge in [0, 0.05) is 0 Å². The molecule has 5 aromatic rings. The first kappa shape index (κ1) is 31.6. The summed E-state index contributed by atoms with van der Waals surface area (Å²) in [7, 11) is 0. The number of rotatable bonds is 9. The van der Waals surface area contributed by atoms with Gasteiger partial charge in [-0.3, -0.25) is 0 Å². The predicted molar refractivity (Wildman–Crippen MR) is 178 cm³/mol. The van der Waals surface area contributed by atoms with Crippen LogP contribution in [0.1, 0.15) is 70.3 Å². The lowest BCUT2D eigenvalue weighted by atomic mass is 9.78. The average Bonchev–Trinajstić information content (AvgIpc) is 3.04. The van der Waals surface area contributed by atoms with Crippen LogP contribution in [-0.4, -0.2) is 6.36 Å². The molecule has 0 atom stereocenters. The van der Waals surface area contributed by atoms with Crippen molar-refractivity contribution in [2.24, 2.45) is 11.8 Å². The number of hydrogen-bond donors (Lipinski definition) is 0. The van der Waals surface area contributed by atoms with Crippen LogP contribution in [0.15, 0.2) is 109 Å². The van der Waals surface area contributed by atoms with Gasteiger partial charge < -0.3 is 4.74 Å². The molecule has 0 unspecified atom stereocenters. The van der Waals surface area contributed by atoms with Crippen molar-refractivity contribution < 1.29 is 17.9 Å². The molecule has 0 saturated heterocycles. The lowest BCUT2D eigenvalue weighted by Crippen LogP contribution is -2.16. The number of fused-ring (bicyclic) bond motifs is 2. The Morgan fingerprint density at radius 2 is 1.14 bits per heavy atom. The number of benzene rings is 5. The van der Waals surface area contributed by atoms with Crippen LogP contribution in [0, 0.1) is 11.8 Å². The molecular weight excluding hydrogens is 553 g/mol. The normalized spacial score (nSPS) is 16.8. The zero-order valence-corrected chi connectivity index (χ0v) is 25.7. The second-order valence-electron chi connectivity index (χ2n) is 12.2. The van der Waals surface area contributed by atoms with Gasteiger partial charge in [-0.25, -0.2) is 0 Å². The number of ether oxygens (including phenoxy) is 1. The maximum absolute atomic E-state index is 12.5. The first-order valence-electron chi connectivity index (χ1n) is 16.2. The summed E-state index contributed by atoms with van der Waals surface area (Å²) in [4.78, 5) is 0. The maximum Gasteiger partial charge on any atom is 0.573 e. The number of hydrogen-bond acceptors (Lipinski definition) is 1. The van der Waals surface area contributed by atoms with Crippen molar-refractivity contribution in [2.75, 3.05) is 0 Å². The molecule has 1 fully saturated rings. The van der Waals surface area contributed by atoms with Crippen molar-refractivity contribution in [3.05, 3.63) is 115 Å². The van der Waals surface area contributed by atoms with E-state index in [2.05, 4.69) is 84.5 Å². The Morgan fingerprint density at radius 1 is 0.591 bits per heavy atom. The molecule has 4 heteroatoms. The quantitative estimate of drug-likeness (QED) is 0.154. The van der Waals surface area contributed by atoms with Gasteiger partial charge in [0.15, 0.2) is 0 Å². The average molecular weight is 597 g/mol. The molecule has 1 nitrogen and oxygen atoms in total. The molecule has 1 saturated carbocycles. The monoisotopic (exact) mass is 596 g/mol. The second-order valence-corrected chi connectivity index (χ2v) is 12.2. The molecule has 6 rings (SSSR count). The molecule has 230 valence electrons. The van der Waals surface area contributed by atoms with E-state index in [1.165, 1.54) is 86.3 Å². The van der Waals surface area contributed by atoms with E-state index >= 15 is 0 Å². The summed E-state index contributed by atoms with van der Waals surface area (Å²) in [6, 6.07) is 35.7. The van der Waals surface area contributed by atoms with Crippen molar-refractivity contribution in [1.29, 1.82) is 0 Å². The topological polar surface area (TPSA) is 9.23 Å². The van der Waals surface area contributed by atoms with Crippen molar-refractivity contribution in [1.82, 2.24) is 0 Å². The standard InChI is InChI=1S/C30H35F3O.C10H8/c1-2-3-4-5-22-6-8-23(9-7-22)10-11-24-12-14-25(15-13-24)26-16-17-28-21-29(34-30(31,32)33)19-18-27(28)20-26;1-2-6-10-8-4-3-7-9(10)5-1/h12-23H,2-11H2,1H3;1-8H. The minimum Gasteiger partial charge on any atom is -0.406 e. The van der Waals surface area contributed by atoms with Gasteiger partial charge in [0.25, 0.3) is 0 Å². The molecule has 0 bridgehead atoms. The molecule has 0 aliphatic heterocycles. The molecule has 0 amide bonds. The lowest BCUT2D eigenvalue weighted by molar-refractivity contribution is -0.274. The van der Waals surface area contributed by atoms with Crippen LogP contribution < -0.4 is 4.74 Å². The van der Waals surface area contributed by atoms with Crippen LogP contribution in [0.4, 0.5) is 13.2 Å². The molecule has 0 spiro atoms. The van der Waals surface area contributed by atoms with E-state index in [9.17, 15) is 13.2 Å². The molecule has 5 aromatic carbocycles. The third-order valence-corrected chi connectivity index (χ3v) is 9.01. The van der Waals surface area contributed by atoms with Crippen molar-refractivity contribution in [3.63, 3.8) is 0 Å². The Kier molecular flexibility index (Phi) is 11.0. The zero-order valence-electron chi connectivity index (χ0n) is 25.7. The molecular formula is C40H43F3O. The smallest absolute Gasteiger partial charge is 0.406 e. The van der Waals surface area contributed by atoms with E-state index in [0.717, 1.165) is 40.2 Å². The minimum atomic E-state index is -4.68. The first-order chi connectivity index (χ1) is 21.4. The predicted octanol–water partition coefficient (Wildman–Crippen LogP) is 12.6. The molecule has 1 aliphatic carbocycles. The molecule has 44 heavy (non-hydrogen) atoms. The van der Waals surface area contributed by atoms with E-state index < -0.39 is 6.36 Å². The third kappa shape index (κ3) is 9.35. The van der Waals surface area contributed by atoms with Gasteiger partial charge in [-0.1, -0.05) is 149 Å². The molecule has 0 aromatic heterocycles. The summed E-state index contributed by atoms with van der Waals surface area (Å²) in [6.07, 6.45) is 8.88. The van der Waals surface area contributed by atoms with Gasteiger partial charge in [0.1, 0.15) is 5.75 Å². The van der Waals surface area contributed by atoms with Gasteiger partial charge in [-0.15, -0.1) is 13.2 Å². The van der Waals surface area contributed by atoms with Crippen LogP contribution in [-0.2, 0) is 6.42 Å². The van der Waals surface area contributed by atoms with Crippen molar-refractivity contribution in [3.8, 4) is 16.9 Å². The highest BCUT2D eigenvalue weighted by atomic mass is 19.4. The summed E-state index contributed by atoms with van der Waals surface area (Å²) < 4.78 is 41.4. The maximum atomic E-state index is 12.5. The fourth-order valence-electron chi connectivity index (χ4n) is 6.46. The van der Waals surface area contributed by atoms with E-state index in [1.807, 2.05) is 18.2 Å². The van der Waals surface area contributed by atoms with Gasteiger partial charge in [-0.2, -0.15) is 0 Å². The largest absolute Gasteiger partial charge is 0.573 e. The minimum absolute atomic E-state index is 0.193. The highest BCUT2D eigenvalue weighted by Gasteiger charge is 2.31. The Morgan fingerprint density at radius 3 is 1.73 bits per heavy atom. The second kappa shape index (κ2) is 15.3. The highest BCUT2D eigenvalue weighted by molar-refractivity contribution is 5.88. The van der Waals surface area contributed by atoms with Crippen molar-refractivity contribution >= 4 is 21.5 Å². The Bertz CT molecular complexity index is 1530. The number of aryl methyl sites for hydroxylation is 1. The van der Waals surface area contributed by atoms with Gasteiger partial charge >= 0.3 is 6.36 Å². The van der Waals surface area contributed by atoms with Crippen LogP contribution in [0.25, 0.3) is 32.7 Å². The van der Waals surface area contributed by atoms with Gasteiger partial charge in [0.2, 0.25) is 0 Å². The molecule has 1 aliphatic rings. The van der Waals surface area contributed by atoms with E-state index in [4.69, 9.17) is 0 Å². The van der Waals surface area contributed by atoms with Crippen LogP contribution in [0.3, 0.4) is 0 Å². The Balaban J connectivity index is 0.000000322. The fourth-order valence-corrected chi connectivity index (χ4v) is 6.46. The van der Waals surface area contributed by atoms with Crippen LogP contribution >= 0.6 is 0 Å². The molecule has 0 radical (unpaired) electrons. The van der Waals surface area contributed by atoms with Crippen LogP contribution in [0.2, 0.25) is 0 Å². The molecule has 0 heterocycles. The first-order valence-corrected chi connectivity index (χ1v) is 16.2. The van der Waals surface area contributed by atoms with E-state index in [1.54, 1.807) is 6.07 Å². The third-order valence-electron chi connectivity index (χ3n) is 9.01. The fraction of sp³-hybridized carbons (Fsp3) is 0.350.